The molecule has 3 heterocycles. The van der Waals surface area contributed by atoms with E-state index in [4.69, 9.17) is 25.9 Å². The minimum Gasteiger partial charge on any atom is -0.388 e. The molecule has 0 aromatic heterocycles. The highest BCUT2D eigenvalue weighted by atomic mass is 35.5. The summed E-state index contributed by atoms with van der Waals surface area (Å²) in [5.74, 6) is -0.530. The highest BCUT2D eigenvalue weighted by Gasteiger charge is 2.56. The van der Waals surface area contributed by atoms with E-state index in [1.54, 1.807) is 12.1 Å². The van der Waals surface area contributed by atoms with Gasteiger partial charge in [0.25, 0.3) is 0 Å². The molecule has 3 aliphatic rings. The van der Waals surface area contributed by atoms with E-state index in [0.29, 0.717) is 17.3 Å². The van der Waals surface area contributed by atoms with Gasteiger partial charge >= 0.3 is 0 Å². The number of ketones is 1. The van der Waals surface area contributed by atoms with Crippen LogP contribution in [0.3, 0.4) is 0 Å². The third-order valence-electron chi connectivity index (χ3n) is 3.65. The molecule has 0 radical (unpaired) electrons. The predicted octanol–water partition coefficient (Wildman–Crippen LogP) is 1.38. The Kier molecular flexibility index (Phi) is 2.42. The standard InChI is InChI=1S/C13H10ClNO4/c14-7-3-1-6(2-4-7)10-9-11(16)13-17-5-8(18-13)12(9)19-15-10/h1-4,8-9,12-13H,5H2/t8-,9+,12+,13+/m0/s1. The average molecular weight is 280 g/mol. The molecule has 4 atom stereocenters. The lowest BCUT2D eigenvalue weighted by Gasteiger charge is -2.27. The van der Waals surface area contributed by atoms with Crippen molar-refractivity contribution in [2.75, 3.05) is 6.61 Å². The molecule has 1 aromatic carbocycles. The van der Waals surface area contributed by atoms with Gasteiger partial charge in [-0.15, -0.1) is 0 Å². The Morgan fingerprint density at radius 2 is 2.05 bits per heavy atom. The van der Waals surface area contributed by atoms with Crippen molar-refractivity contribution >= 4 is 23.1 Å². The molecule has 3 aliphatic heterocycles. The third kappa shape index (κ3) is 1.62. The van der Waals surface area contributed by atoms with Gasteiger partial charge in [0.15, 0.2) is 6.10 Å². The van der Waals surface area contributed by atoms with E-state index in [1.807, 2.05) is 12.1 Å². The number of ether oxygens (including phenoxy) is 2. The van der Waals surface area contributed by atoms with Gasteiger partial charge in [-0.2, -0.15) is 0 Å². The van der Waals surface area contributed by atoms with E-state index < -0.39 is 12.2 Å². The predicted molar refractivity (Wildman–Crippen MR) is 66.0 cm³/mol. The summed E-state index contributed by atoms with van der Waals surface area (Å²) in [6.07, 6.45) is -1.37. The minimum absolute atomic E-state index is 0.120. The van der Waals surface area contributed by atoms with E-state index in [9.17, 15) is 4.79 Å². The molecule has 2 saturated heterocycles. The summed E-state index contributed by atoms with van der Waals surface area (Å²) in [4.78, 5) is 17.7. The number of rotatable bonds is 1. The summed E-state index contributed by atoms with van der Waals surface area (Å²) in [5, 5.41) is 4.71. The smallest absolute Gasteiger partial charge is 0.219 e. The molecule has 0 unspecified atom stereocenters. The van der Waals surface area contributed by atoms with Crippen molar-refractivity contribution in [2.45, 2.75) is 18.5 Å². The van der Waals surface area contributed by atoms with Gasteiger partial charge in [-0.3, -0.25) is 4.79 Å². The number of hydrogen-bond acceptors (Lipinski definition) is 5. The molecule has 0 amide bonds. The molecule has 2 fully saturated rings. The van der Waals surface area contributed by atoms with Crippen molar-refractivity contribution in [3.05, 3.63) is 34.9 Å². The van der Waals surface area contributed by atoms with Crippen LogP contribution in [0.5, 0.6) is 0 Å². The summed E-state index contributed by atoms with van der Waals surface area (Å²) in [6.45, 7) is 0.376. The first-order valence-electron chi connectivity index (χ1n) is 6.04. The van der Waals surface area contributed by atoms with Crippen LogP contribution in [-0.2, 0) is 19.1 Å². The monoisotopic (exact) mass is 279 g/mol. The Bertz CT molecular complexity index is 571. The molecule has 0 N–H and O–H groups in total. The lowest BCUT2D eigenvalue weighted by Crippen LogP contribution is -2.48. The maximum Gasteiger partial charge on any atom is 0.219 e. The van der Waals surface area contributed by atoms with Gasteiger partial charge in [-0.25, -0.2) is 0 Å². The Hall–Kier alpha value is -1.43. The zero-order chi connectivity index (χ0) is 13.0. The number of carbonyl (C=O) groups is 1. The molecule has 0 spiro atoms. The quantitative estimate of drug-likeness (QED) is 0.779. The van der Waals surface area contributed by atoms with Crippen LogP contribution in [-0.4, -0.2) is 36.6 Å². The fourth-order valence-corrected chi connectivity index (χ4v) is 2.84. The van der Waals surface area contributed by atoms with E-state index in [2.05, 4.69) is 5.16 Å². The Morgan fingerprint density at radius 3 is 2.84 bits per heavy atom. The molecule has 1 aromatic rings. The highest BCUT2D eigenvalue weighted by molar-refractivity contribution is 6.30. The highest BCUT2D eigenvalue weighted by Crippen LogP contribution is 2.37. The van der Waals surface area contributed by atoms with E-state index in [0.717, 1.165) is 5.56 Å². The first-order chi connectivity index (χ1) is 9.24. The zero-order valence-corrected chi connectivity index (χ0v) is 10.5. The van der Waals surface area contributed by atoms with Crippen molar-refractivity contribution in [3.8, 4) is 0 Å². The summed E-state index contributed by atoms with van der Waals surface area (Å²) in [6, 6.07) is 7.19. The van der Waals surface area contributed by atoms with Crippen molar-refractivity contribution in [2.24, 2.45) is 11.1 Å². The summed E-state index contributed by atoms with van der Waals surface area (Å²) in [5.41, 5.74) is 1.47. The molecule has 98 valence electrons. The molecule has 19 heavy (non-hydrogen) atoms. The summed E-state index contributed by atoms with van der Waals surface area (Å²) >= 11 is 5.86. The van der Waals surface area contributed by atoms with Gasteiger partial charge in [-0.05, 0) is 12.1 Å². The lowest BCUT2D eigenvalue weighted by molar-refractivity contribution is -0.169. The number of halogens is 1. The molecule has 0 saturated carbocycles. The van der Waals surface area contributed by atoms with Crippen LogP contribution in [0, 0.1) is 5.92 Å². The van der Waals surface area contributed by atoms with Gasteiger partial charge < -0.3 is 14.3 Å². The second kappa shape index (κ2) is 4.03. The first kappa shape index (κ1) is 11.4. The second-order valence-corrected chi connectivity index (χ2v) is 5.21. The van der Waals surface area contributed by atoms with Crippen LogP contribution in [0.25, 0.3) is 0 Å². The maximum atomic E-state index is 12.3. The topological polar surface area (TPSA) is 57.1 Å². The SMILES string of the molecule is O=C1[C@@H]2OC[C@H](O2)[C@H]2ON=C(c3ccc(Cl)cc3)[C@H]12. The largest absolute Gasteiger partial charge is 0.388 e. The van der Waals surface area contributed by atoms with E-state index >= 15 is 0 Å². The van der Waals surface area contributed by atoms with Crippen LogP contribution in [0.15, 0.2) is 29.4 Å². The number of carbonyl (C=O) groups excluding carboxylic acids is 1. The molecule has 4 rings (SSSR count). The Balaban J connectivity index is 1.71. The van der Waals surface area contributed by atoms with Gasteiger partial charge in [0.1, 0.15) is 17.7 Å². The fraction of sp³-hybridized carbons (Fsp3) is 0.385. The first-order valence-corrected chi connectivity index (χ1v) is 6.42. The number of nitrogens with zero attached hydrogens (tertiary/aromatic N) is 1. The van der Waals surface area contributed by atoms with E-state index in [-0.39, 0.29) is 18.0 Å². The van der Waals surface area contributed by atoms with Crippen LogP contribution in [0.4, 0.5) is 0 Å². The van der Waals surface area contributed by atoms with Gasteiger partial charge in [0.05, 0.1) is 6.61 Å². The van der Waals surface area contributed by atoms with Gasteiger partial charge in [0.2, 0.25) is 12.1 Å². The van der Waals surface area contributed by atoms with Crippen molar-refractivity contribution in [1.82, 2.24) is 0 Å². The lowest BCUT2D eigenvalue weighted by atomic mass is 9.85. The second-order valence-electron chi connectivity index (χ2n) is 4.77. The Labute approximate surface area is 114 Å². The maximum absolute atomic E-state index is 12.3. The number of oxime groups is 1. The fourth-order valence-electron chi connectivity index (χ4n) is 2.71. The van der Waals surface area contributed by atoms with Crippen molar-refractivity contribution in [3.63, 3.8) is 0 Å². The third-order valence-corrected chi connectivity index (χ3v) is 3.90. The number of fused-ring (bicyclic) bond motifs is 4. The van der Waals surface area contributed by atoms with Crippen LogP contribution >= 0.6 is 11.6 Å². The average Bonchev–Trinajstić information content (AvgIpc) is 3.03. The zero-order valence-electron chi connectivity index (χ0n) is 9.78. The van der Waals surface area contributed by atoms with Crippen LogP contribution < -0.4 is 0 Å². The van der Waals surface area contributed by atoms with Gasteiger partial charge in [0, 0.05) is 10.6 Å². The van der Waals surface area contributed by atoms with Gasteiger partial charge in [-0.1, -0.05) is 28.9 Å². The number of Topliss-reactive ketones (excluding diaryl/α,β-unsaturated/α-hetero) is 1. The number of hydrogen-bond donors (Lipinski definition) is 0. The summed E-state index contributed by atoms with van der Waals surface area (Å²) in [7, 11) is 0. The molecular formula is C13H10ClNO4. The molecule has 6 heteroatoms. The number of benzene rings is 1. The van der Waals surface area contributed by atoms with Crippen LogP contribution in [0.2, 0.25) is 5.02 Å². The summed E-state index contributed by atoms with van der Waals surface area (Å²) < 4.78 is 10.7. The molecule has 0 aliphatic carbocycles. The van der Waals surface area contributed by atoms with Crippen molar-refractivity contribution < 1.29 is 19.1 Å². The normalized spacial score (nSPS) is 35.8. The Morgan fingerprint density at radius 1 is 1.26 bits per heavy atom. The van der Waals surface area contributed by atoms with Crippen molar-refractivity contribution in [1.29, 1.82) is 0 Å². The molecular weight excluding hydrogens is 270 g/mol. The molecule has 2 bridgehead atoms. The van der Waals surface area contributed by atoms with E-state index in [1.165, 1.54) is 0 Å². The minimum atomic E-state index is -0.773. The molecule has 5 nitrogen and oxygen atoms in total. The van der Waals surface area contributed by atoms with Crippen LogP contribution in [0.1, 0.15) is 5.56 Å².